The van der Waals surface area contributed by atoms with Crippen LogP contribution in [0.3, 0.4) is 0 Å². The zero-order valence-electron chi connectivity index (χ0n) is 24.9. The predicted molar refractivity (Wildman–Crippen MR) is 169 cm³/mol. The molecule has 2 amide bonds. The molecule has 0 spiro atoms. The van der Waals surface area contributed by atoms with Crippen molar-refractivity contribution in [2.75, 3.05) is 17.3 Å². The first-order valence-electron chi connectivity index (χ1n) is 14.1. The van der Waals surface area contributed by atoms with E-state index in [1.807, 2.05) is 74.5 Å². The van der Waals surface area contributed by atoms with Crippen molar-refractivity contribution in [3.05, 3.63) is 118 Å². The number of aliphatic hydroxyl groups is 1. The topological polar surface area (TPSA) is 88.1 Å². The second-order valence-electron chi connectivity index (χ2n) is 11.1. The molecule has 0 bridgehead atoms. The van der Waals surface area contributed by atoms with Crippen molar-refractivity contribution in [3.63, 3.8) is 0 Å². The number of carbonyl (C=O) groups is 2. The van der Waals surface area contributed by atoms with Crippen LogP contribution in [-0.4, -0.2) is 30.1 Å². The first kappa shape index (κ1) is 30.1. The molecule has 0 saturated heterocycles. The first-order chi connectivity index (χ1) is 20.5. The molecule has 0 saturated carbocycles. The zero-order valence-corrected chi connectivity index (χ0v) is 25.6. The largest absolute Gasteiger partial charge is 0.493 e. The van der Waals surface area contributed by atoms with Crippen LogP contribution in [0.4, 0.5) is 11.4 Å². The Morgan fingerprint density at radius 1 is 0.977 bits per heavy atom. The van der Waals surface area contributed by atoms with Gasteiger partial charge in [-0.15, -0.1) is 0 Å². The Morgan fingerprint density at radius 2 is 1.58 bits per heavy atom. The Hall–Kier alpha value is -4.33. The van der Waals surface area contributed by atoms with Crippen LogP contribution in [0, 0.1) is 0 Å². The molecule has 8 heteroatoms. The number of ether oxygens (including phenoxy) is 2. The van der Waals surface area contributed by atoms with Crippen molar-refractivity contribution < 1.29 is 24.2 Å². The van der Waals surface area contributed by atoms with E-state index in [1.54, 1.807) is 43.2 Å². The first-order valence-corrected chi connectivity index (χ1v) is 14.5. The van der Waals surface area contributed by atoms with E-state index >= 15 is 0 Å². The molecule has 4 aromatic rings. The van der Waals surface area contributed by atoms with E-state index in [4.69, 9.17) is 21.1 Å². The van der Waals surface area contributed by atoms with Crippen molar-refractivity contribution in [2.45, 2.75) is 51.9 Å². The lowest BCUT2D eigenvalue weighted by Crippen LogP contribution is -2.41. The Kier molecular flexibility index (Phi) is 8.49. The second kappa shape index (κ2) is 12.1. The van der Waals surface area contributed by atoms with Crippen LogP contribution in [0.15, 0.2) is 84.9 Å². The standard InChI is InChI=1S/C35H35ClN2O5/c1-21(2)43-32-20-30-24(18-31(32)42-5)19-33(40)38(34(30)23-6-12-27(36)13-7-23)29-16-10-26(11-17-29)35(4,41)25-8-14-28(15-9-25)37-22(3)39/h6-18,20-21,34,41H,19H2,1-5H3,(H,37,39)/t34-,35-/m0/s1. The molecule has 0 aromatic heterocycles. The van der Waals surface area contributed by atoms with Crippen LogP contribution in [0.25, 0.3) is 0 Å². The number of carbonyl (C=O) groups excluding carboxylic acids is 2. The van der Waals surface area contributed by atoms with Crippen LogP contribution in [0.1, 0.15) is 61.6 Å². The molecule has 7 nitrogen and oxygen atoms in total. The maximum absolute atomic E-state index is 13.8. The van der Waals surface area contributed by atoms with Crippen molar-refractivity contribution in [2.24, 2.45) is 0 Å². The van der Waals surface area contributed by atoms with Crippen LogP contribution in [-0.2, 0) is 21.6 Å². The van der Waals surface area contributed by atoms with Crippen molar-refractivity contribution in [3.8, 4) is 11.5 Å². The summed E-state index contributed by atoms with van der Waals surface area (Å²) in [5.41, 5.74) is 4.08. The lowest BCUT2D eigenvalue weighted by molar-refractivity contribution is -0.118. The average Bonchev–Trinajstić information content (AvgIpc) is 2.97. The van der Waals surface area contributed by atoms with E-state index in [-0.39, 0.29) is 24.3 Å². The minimum Gasteiger partial charge on any atom is -0.493 e. The zero-order chi connectivity index (χ0) is 30.9. The molecule has 0 unspecified atom stereocenters. The van der Waals surface area contributed by atoms with Crippen LogP contribution < -0.4 is 19.7 Å². The summed E-state index contributed by atoms with van der Waals surface area (Å²) >= 11 is 6.24. The summed E-state index contributed by atoms with van der Waals surface area (Å²) in [6, 6.07) is 25.4. The third-order valence-corrected chi connectivity index (χ3v) is 7.86. The fourth-order valence-electron chi connectivity index (χ4n) is 5.52. The number of fused-ring (bicyclic) bond motifs is 1. The Morgan fingerprint density at radius 3 is 2.14 bits per heavy atom. The molecule has 4 aromatic carbocycles. The van der Waals surface area contributed by atoms with Gasteiger partial charge in [0.25, 0.3) is 0 Å². The molecular weight excluding hydrogens is 564 g/mol. The molecule has 5 rings (SSSR count). The average molecular weight is 599 g/mol. The number of benzene rings is 4. The summed E-state index contributed by atoms with van der Waals surface area (Å²) in [6.45, 7) is 7.08. The lowest BCUT2D eigenvalue weighted by atomic mass is 9.86. The number of nitrogens with one attached hydrogen (secondary N) is 1. The van der Waals surface area contributed by atoms with Gasteiger partial charge in [0, 0.05) is 23.3 Å². The van der Waals surface area contributed by atoms with Gasteiger partial charge in [-0.05, 0) is 97.1 Å². The number of hydrogen-bond donors (Lipinski definition) is 2. The van der Waals surface area contributed by atoms with Gasteiger partial charge >= 0.3 is 0 Å². The molecule has 0 radical (unpaired) electrons. The molecule has 0 aliphatic carbocycles. The smallest absolute Gasteiger partial charge is 0.232 e. The molecule has 2 atom stereocenters. The van der Waals surface area contributed by atoms with Gasteiger partial charge < -0.3 is 24.8 Å². The van der Waals surface area contributed by atoms with E-state index < -0.39 is 11.6 Å². The SMILES string of the molecule is COc1cc2c(cc1OC(C)C)[C@H](c1ccc(Cl)cc1)N(c1ccc([C@@](C)(O)c3ccc(NC(C)=O)cc3)cc1)C(=O)C2. The predicted octanol–water partition coefficient (Wildman–Crippen LogP) is 7.03. The van der Waals surface area contributed by atoms with E-state index in [9.17, 15) is 14.7 Å². The lowest BCUT2D eigenvalue weighted by Gasteiger charge is -2.38. The summed E-state index contributed by atoms with van der Waals surface area (Å²) < 4.78 is 11.7. The number of hydrogen-bond acceptors (Lipinski definition) is 5. The molecule has 43 heavy (non-hydrogen) atoms. The summed E-state index contributed by atoms with van der Waals surface area (Å²) in [6.07, 6.45) is 0.127. The molecule has 1 heterocycles. The summed E-state index contributed by atoms with van der Waals surface area (Å²) in [5.74, 6) is 0.963. The number of nitrogens with zero attached hydrogens (tertiary/aromatic N) is 1. The van der Waals surface area contributed by atoms with Gasteiger partial charge in [-0.1, -0.05) is 48.0 Å². The molecule has 0 fully saturated rings. The molecule has 1 aliphatic heterocycles. The van der Waals surface area contributed by atoms with Gasteiger partial charge in [-0.25, -0.2) is 0 Å². The van der Waals surface area contributed by atoms with Gasteiger partial charge in [-0.3, -0.25) is 9.59 Å². The van der Waals surface area contributed by atoms with Crippen molar-refractivity contribution >= 4 is 34.8 Å². The quantitative estimate of drug-likeness (QED) is 0.227. The third-order valence-electron chi connectivity index (χ3n) is 7.61. The summed E-state index contributed by atoms with van der Waals surface area (Å²) in [4.78, 5) is 27.0. The normalized spacial score (nSPS) is 16.0. The van der Waals surface area contributed by atoms with E-state index in [0.717, 1.165) is 16.7 Å². The Bertz CT molecular complexity index is 1630. The highest BCUT2D eigenvalue weighted by Crippen LogP contribution is 2.44. The monoisotopic (exact) mass is 598 g/mol. The maximum Gasteiger partial charge on any atom is 0.232 e. The number of amides is 2. The second-order valence-corrected chi connectivity index (χ2v) is 11.6. The highest BCUT2D eigenvalue weighted by Gasteiger charge is 2.36. The number of rotatable bonds is 8. The molecule has 1 aliphatic rings. The minimum absolute atomic E-state index is 0.0656. The van der Waals surface area contributed by atoms with Gasteiger partial charge in [0.1, 0.15) is 5.60 Å². The molecule has 222 valence electrons. The van der Waals surface area contributed by atoms with Gasteiger partial charge in [0.05, 0.1) is 25.7 Å². The molecular formula is C35H35ClN2O5. The summed E-state index contributed by atoms with van der Waals surface area (Å²) in [5, 5.41) is 14.9. The van der Waals surface area contributed by atoms with E-state index in [1.165, 1.54) is 6.92 Å². The minimum atomic E-state index is -1.30. The van der Waals surface area contributed by atoms with E-state index in [2.05, 4.69) is 5.32 Å². The fraction of sp³-hybridized carbons (Fsp3) is 0.257. The summed E-state index contributed by atoms with van der Waals surface area (Å²) in [7, 11) is 1.59. The van der Waals surface area contributed by atoms with Crippen LogP contribution >= 0.6 is 11.6 Å². The van der Waals surface area contributed by atoms with Gasteiger partial charge in [-0.2, -0.15) is 0 Å². The molecule has 2 N–H and O–H groups in total. The van der Waals surface area contributed by atoms with E-state index in [0.29, 0.717) is 39.0 Å². The highest BCUT2D eigenvalue weighted by molar-refractivity contribution is 6.30. The van der Waals surface area contributed by atoms with Crippen LogP contribution in [0.2, 0.25) is 5.02 Å². The number of halogens is 1. The van der Waals surface area contributed by atoms with Crippen molar-refractivity contribution in [1.29, 1.82) is 0 Å². The Labute approximate surface area is 257 Å². The fourth-order valence-corrected chi connectivity index (χ4v) is 5.65. The third kappa shape index (κ3) is 6.24. The van der Waals surface area contributed by atoms with Gasteiger partial charge in [0.15, 0.2) is 11.5 Å². The van der Waals surface area contributed by atoms with Crippen LogP contribution in [0.5, 0.6) is 11.5 Å². The number of anilines is 2. The van der Waals surface area contributed by atoms with Crippen molar-refractivity contribution in [1.82, 2.24) is 0 Å². The highest BCUT2D eigenvalue weighted by atomic mass is 35.5. The Balaban J connectivity index is 1.55. The van der Waals surface area contributed by atoms with Gasteiger partial charge in [0.2, 0.25) is 11.8 Å². The maximum atomic E-state index is 13.8. The number of methoxy groups -OCH3 is 1.